The van der Waals surface area contributed by atoms with E-state index < -0.39 is 0 Å². The van der Waals surface area contributed by atoms with E-state index >= 15 is 0 Å². The zero-order valence-electron chi connectivity index (χ0n) is 13.7. The molecule has 0 atom stereocenters. The van der Waals surface area contributed by atoms with Crippen LogP contribution in [0.25, 0.3) is 22.0 Å². The van der Waals surface area contributed by atoms with E-state index in [1.54, 1.807) is 0 Å². The van der Waals surface area contributed by atoms with Gasteiger partial charge in [-0.2, -0.15) is 0 Å². The number of pyridine rings is 1. The van der Waals surface area contributed by atoms with Crippen molar-refractivity contribution in [3.05, 3.63) is 89.1 Å². The summed E-state index contributed by atoms with van der Waals surface area (Å²) in [6.07, 6.45) is 0. The number of hydrogen-bond donors (Lipinski definition) is 1. The molecule has 0 amide bonds. The van der Waals surface area contributed by atoms with Gasteiger partial charge in [-0.15, -0.1) is 0 Å². The molecule has 0 fully saturated rings. The Morgan fingerprint density at radius 3 is 2.35 bits per heavy atom. The summed E-state index contributed by atoms with van der Waals surface area (Å²) in [5, 5.41) is 4.64. The minimum atomic E-state index is 0.00116. The summed E-state index contributed by atoms with van der Waals surface area (Å²) in [6, 6.07) is 23.1. The van der Waals surface area contributed by atoms with Gasteiger partial charge in [0.15, 0.2) is 5.78 Å². The summed E-state index contributed by atoms with van der Waals surface area (Å²) in [7, 11) is 0. The molecule has 4 heteroatoms. The van der Waals surface area contributed by atoms with Crippen LogP contribution in [0.4, 0.5) is 11.4 Å². The van der Waals surface area contributed by atoms with Crippen molar-refractivity contribution in [1.29, 1.82) is 0 Å². The number of nitrogens with one attached hydrogen (secondary N) is 1. The summed E-state index contributed by atoms with van der Waals surface area (Å²) in [5.41, 5.74) is 5.60. The molecule has 4 aromatic rings. The Balaban J connectivity index is 1.84. The first kappa shape index (κ1) is 15.1. The predicted octanol–water partition coefficient (Wildman–Crippen LogP) is 5.84. The van der Waals surface area contributed by atoms with Crippen LogP contribution < -0.4 is 5.32 Å². The Hall–Kier alpha value is -3.17. The molecular weight excluding hydrogens is 344 g/mol. The summed E-state index contributed by atoms with van der Waals surface area (Å²) >= 11 is 6.24. The second-order valence-electron chi connectivity index (χ2n) is 6.24. The number of para-hydroxylation sites is 1. The lowest BCUT2D eigenvalue weighted by Gasteiger charge is -2.22. The molecular formula is C22H13ClN2O. The quantitative estimate of drug-likeness (QED) is 0.404. The van der Waals surface area contributed by atoms with Gasteiger partial charge < -0.3 is 5.32 Å². The minimum Gasteiger partial charge on any atom is -0.355 e. The van der Waals surface area contributed by atoms with Crippen LogP contribution in [0.3, 0.4) is 0 Å². The van der Waals surface area contributed by atoms with Crippen molar-refractivity contribution in [3.63, 3.8) is 0 Å². The van der Waals surface area contributed by atoms with Crippen LogP contribution in [0.2, 0.25) is 5.15 Å². The largest absolute Gasteiger partial charge is 0.355 e. The van der Waals surface area contributed by atoms with Gasteiger partial charge in [0.25, 0.3) is 0 Å². The molecule has 5 rings (SSSR count). The number of hydrogen-bond acceptors (Lipinski definition) is 3. The van der Waals surface area contributed by atoms with Crippen LogP contribution in [-0.4, -0.2) is 10.8 Å². The van der Waals surface area contributed by atoms with Crippen molar-refractivity contribution >= 4 is 39.7 Å². The number of nitrogens with zero attached hydrogens (tertiary/aromatic N) is 1. The maximum absolute atomic E-state index is 13.3. The number of benzene rings is 3. The smallest absolute Gasteiger partial charge is 0.196 e. The minimum absolute atomic E-state index is 0.00116. The van der Waals surface area contributed by atoms with Crippen molar-refractivity contribution < 1.29 is 4.79 Å². The fourth-order valence-corrected chi connectivity index (χ4v) is 3.78. The Kier molecular flexibility index (Phi) is 3.30. The standard InChI is InChI=1S/C22H13ClN2O/c23-19-12-16-14-8-4-5-9-15(14)22(26)21-18(11-10-17(25-19)20(16)21)24-13-6-2-1-3-7-13/h1-12,24H. The van der Waals surface area contributed by atoms with Crippen molar-refractivity contribution in [2.75, 3.05) is 5.32 Å². The number of carbonyl (C=O) groups excluding carboxylic acids is 1. The van der Waals surface area contributed by atoms with E-state index in [4.69, 9.17) is 11.6 Å². The third kappa shape index (κ3) is 2.21. The van der Waals surface area contributed by atoms with Crippen LogP contribution in [0.15, 0.2) is 72.8 Å². The molecule has 0 radical (unpaired) electrons. The molecule has 0 unspecified atom stereocenters. The molecule has 1 aliphatic carbocycles. The number of aromatic nitrogens is 1. The van der Waals surface area contributed by atoms with E-state index in [1.807, 2.05) is 72.8 Å². The van der Waals surface area contributed by atoms with Gasteiger partial charge in [-0.1, -0.05) is 54.1 Å². The summed E-state index contributed by atoms with van der Waals surface area (Å²) in [4.78, 5) is 17.7. The molecule has 1 aliphatic rings. The third-order valence-corrected chi connectivity index (χ3v) is 4.88. The van der Waals surface area contributed by atoms with Gasteiger partial charge in [0, 0.05) is 16.6 Å². The lowest BCUT2D eigenvalue weighted by Crippen LogP contribution is -2.13. The Morgan fingerprint density at radius 1 is 0.808 bits per heavy atom. The first-order chi connectivity index (χ1) is 12.7. The molecule has 3 nitrogen and oxygen atoms in total. The second-order valence-corrected chi connectivity index (χ2v) is 6.63. The lowest BCUT2D eigenvalue weighted by molar-refractivity contribution is 0.104. The number of ketones is 1. The van der Waals surface area contributed by atoms with Crippen molar-refractivity contribution in [1.82, 2.24) is 4.98 Å². The van der Waals surface area contributed by atoms with E-state index in [0.29, 0.717) is 16.3 Å². The molecule has 26 heavy (non-hydrogen) atoms. The summed E-state index contributed by atoms with van der Waals surface area (Å²) in [6.45, 7) is 0. The fraction of sp³-hybridized carbons (Fsp3) is 0. The van der Waals surface area contributed by atoms with Crippen LogP contribution in [0.1, 0.15) is 15.9 Å². The van der Waals surface area contributed by atoms with Gasteiger partial charge in [0.1, 0.15) is 5.15 Å². The zero-order chi connectivity index (χ0) is 17.7. The molecule has 124 valence electrons. The van der Waals surface area contributed by atoms with Crippen LogP contribution in [0, 0.1) is 0 Å². The maximum atomic E-state index is 13.3. The monoisotopic (exact) mass is 356 g/mol. The molecule has 1 heterocycles. The van der Waals surface area contributed by atoms with Gasteiger partial charge in [-0.25, -0.2) is 4.98 Å². The number of fused-ring (bicyclic) bond motifs is 2. The molecule has 3 aromatic carbocycles. The highest BCUT2D eigenvalue weighted by Crippen LogP contribution is 2.43. The number of carbonyl (C=O) groups is 1. The first-order valence-electron chi connectivity index (χ1n) is 8.32. The van der Waals surface area contributed by atoms with E-state index in [1.165, 1.54) is 0 Å². The van der Waals surface area contributed by atoms with Gasteiger partial charge in [0.05, 0.1) is 16.8 Å². The van der Waals surface area contributed by atoms with Crippen LogP contribution in [-0.2, 0) is 0 Å². The van der Waals surface area contributed by atoms with Crippen LogP contribution >= 0.6 is 11.6 Å². The highest BCUT2D eigenvalue weighted by Gasteiger charge is 2.28. The van der Waals surface area contributed by atoms with Crippen molar-refractivity contribution in [2.45, 2.75) is 0 Å². The maximum Gasteiger partial charge on any atom is 0.196 e. The van der Waals surface area contributed by atoms with Gasteiger partial charge >= 0.3 is 0 Å². The first-order valence-corrected chi connectivity index (χ1v) is 8.69. The van der Waals surface area contributed by atoms with E-state index in [2.05, 4.69) is 10.3 Å². The van der Waals surface area contributed by atoms with E-state index in [9.17, 15) is 4.79 Å². The molecule has 0 spiro atoms. The normalized spacial score (nSPS) is 12.1. The van der Waals surface area contributed by atoms with Gasteiger partial charge in [-0.3, -0.25) is 4.79 Å². The van der Waals surface area contributed by atoms with Gasteiger partial charge in [-0.05, 0) is 41.5 Å². The zero-order valence-corrected chi connectivity index (χ0v) is 14.4. The SMILES string of the molecule is O=C1c2ccccc2-c2cc(Cl)nc3ccc(Nc4ccccc4)c1c23. The fourth-order valence-electron chi connectivity index (χ4n) is 3.58. The van der Waals surface area contributed by atoms with E-state index in [-0.39, 0.29) is 5.78 Å². The van der Waals surface area contributed by atoms with Crippen molar-refractivity contribution in [2.24, 2.45) is 0 Å². The summed E-state index contributed by atoms with van der Waals surface area (Å²) < 4.78 is 0. The Labute approximate surface area is 155 Å². The molecule has 0 aliphatic heterocycles. The van der Waals surface area contributed by atoms with Gasteiger partial charge in [0.2, 0.25) is 0 Å². The number of anilines is 2. The molecule has 1 aromatic heterocycles. The average molecular weight is 357 g/mol. The predicted molar refractivity (Wildman–Crippen MR) is 105 cm³/mol. The van der Waals surface area contributed by atoms with Crippen LogP contribution in [0.5, 0.6) is 0 Å². The molecule has 0 bridgehead atoms. The molecule has 1 N–H and O–H groups in total. The Morgan fingerprint density at radius 2 is 1.54 bits per heavy atom. The molecule has 0 saturated carbocycles. The lowest BCUT2D eigenvalue weighted by atomic mass is 9.83. The Bertz CT molecular complexity index is 1190. The summed E-state index contributed by atoms with van der Waals surface area (Å²) in [5.74, 6) is 0.00116. The third-order valence-electron chi connectivity index (χ3n) is 4.69. The number of rotatable bonds is 2. The highest BCUT2D eigenvalue weighted by molar-refractivity contribution is 6.32. The molecule has 0 saturated heterocycles. The van der Waals surface area contributed by atoms with Crippen molar-refractivity contribution in [3.8, 4) is 11.1 Å². The average Bonchev–Trinajstić information content (AvgIpc) is 2.67. The topological polar surface area (TPSA) is 42.0 Å². The second kappa shape index (κ2) is 5.68. The number of halogens is 1. The highest BCUT2D eigenvalue weighted by atomic mass is 35.5. The van der Waals surface area contributed by atoms with E-state index in [0.717, 1.165) is 33.4 Å².